The van der Waals surface area contributed by atoms with Crippen molar-refractivity contribution in [3.63, 3.8) is 0 Å². The molecule has 0 aliphatic carbocycles. The highest BCUT2D eigenvalue weighted by atomic mass is 16.7. The zero-order valence-corrected chi connectivity index (χ0v) is 14.8. The molecule has 2 aromatic rings. The fourth-order valence-corrected chi connectivity index (χ4v) is 3.52. The average Bonchev–Trinajstić information content (AvgIpc) is 2.73. The zero-order chi connectivity index (χ0) is 17.8. The van der Waals surface area contributed by atoms with Gasteiger partial charge in [-0.3, -0.25) is 4.84 Å². The third kappa shape index (κ3) is 3.68. The van der Waals surface area contributed by atoms with Crippen molar-refractivity contribution in [3.8, 4) is 5.75 Å². The van der Waals surface area contributed by atoms with Crippen LogP contribution in [0.2, 0.25) is 0 Å². The summed E-state index contributed by atoms with van der Waals surface area (Å²) in [4.78, 5) is 18.2. The van der Waals surface area contributed by atoms with Crippen LogP contribution >= 0.6 is 0 Å². The highest BCUT2D eigenvalue weighted by Crippen LogP contribution is 2.30. The maximum Gasteiger partial charge on any atom is 0.342 e. The molecule has 1 unspecified atom stereocenters. The molecule has 0 bridgehead atoms. The van der Waals surface area contributed by atoms with Crippen LogP contribution in [0.5, 0.6) is 5.75 Å². The van der Waals surface area contributed by atoms with Gasteiger partial charge in [0, 0.05) is 0 Å². The molecule has 2 aliphatic heterocycles. The Hall–Kier alpha value is -2.53. The van der Waals surface area contributed by atoms with Crippen LogP contribution in [0, 0.1) is 0 Å². The Morgan fingerprint density at radius 3 is 2.69 bits per heavy atom. The van der Waals surface area contributed by atoms with E-state index in [1.54, 1.807) is 0 Å². The second kappa shape index (κ2) is 7.79. The summed E-state index contributed by atoms with van der Waals surface area (Å²) >= 11 is 0. The smallest absolute Gasteiger partial charge is 0.342 e. The van der Waals surface area contributed by atoms with Crippen molar-refractivity contribution in [2.45, 2.75) is 31.7 Å². The summed E-state index contributed by atoms with van der Waals surface area (Å²) in [6, 6.07) is 15.9. The first-order valence-electron chi connectivity index (χ1n) is 9.33. The van der Waals surface area contributed by atoms with Gasteiger partial charge in [-0.25, -0.2) is 9.86 Å². The number of fused-ring (bicyclic) bond motifs is 1. The molecule has 5 heteroatoms. The molecule has 0 radical (unpaired) electrons. The Morgan fingerprint density at radius 2 is 1.88 bits per heavy atom. The molecule has 26 heavy (non-hydrogen) atoms. The van der Waals surface area contributed by atoms with E-state index in [9.17, 15) is 4.79 Å². The molecular weight excluding hydrogens is 328 g/mol. The minimum atomic E-state index is -0.221. The van der Waals surface area contributed by atoms with Crippen LogP contribution in [0.15, 0.2) is 48.5 Å². The Balaban J connectivity index is 1.62. The number of benzene rings is 2. The van der Waals surface area contributed by atoms with Gasteiger partial charge in [-0.05, 0) is 54.5 Å². The predicted octanol–water partition coefficient (Wildman–Crippen LogP) is 3.84. The number of amides is 2. The van der Waals surface area contributed by atoms with Crippen LogP contribution in [0.4, 0.5) is 4.79 Å². The van der Waals surface area contributed by atoms with E-state index in [-0.39, 0.29) is 12.1 Å². The van der Waals surface area contributed by atoms with E-state index in [1.807, 2.05) is 42.5 Å². The second-order valence-corrected chi connectivity index (χ2v) is 6.75. The van der Waals surface area contributed by atoms with E-state index in [1.165, 1.54) is 10.6 Å². The van der Waals surface area contributed by atoms with Gasteiger partial charge in [0.15, 0.2) is 0 Å². The van der Waals surface area contributed by atoms with Crippen LogP contribution in [0.25, 0.3) is 0 Å². The molecule has 1 atom stereocenters. The number of ether oxygens (including phenoxy) is 1. The molecule has 2 aliphatic rings. The molecule has 2 amide bonds. The van der Waals surface area contributed by atoms with Gasteiger partial charge in [-0.2, -0.15) is 0 Å². The first kappa shape index (κ1) is 16.9. The van der Waals surface area contributed by atoms with Gasteiger partial charge in [0.05, 0.1) is 25.8 Å². The number of hydrogen-bond acceptors (Lipinski definition) is 3. The van der Waals surface area contributed by atoms with Crippen molar-refractivity contribution in [1.82, 2.24) is 10.4 Å². The van der Waals surface area contributed by atoms with Crippen molar-refractivity contribution >= 4 is 6.03 Å². The van der Waals surface area contributed by atoms with Gasteiger partial charge >= 0.3 is 6.03 Å². The monoisotopic (exact) mass is 352 g/mol. The molecule has 0 saturated carbocycles. The molecule has 1 fully saturated rings. The number of rotatable bonds is 3. The lowest BCUT2D eigenvalue weighted by Gasteiger charge is -2.29. The average molecular weight is 352 g/mol. The maximum atomic E-state index is 12.7. The number of carbonyl (C=O) groups excluding carboxylic acids is 1. The number of hydroxylamine groups is 2. The van der Waals surface area contributed by atoms with E-state index >= 15 is 0 Å². The quantitative estimate of drug-likeness (QED) is 0.913. The lowest BCUT2D eigenvalue weighted by Crippen LogP contribution is -2.44. The summed E-state index contributed by atoms with van der Waals surface area (Å²) in [5.41, 5.74) is 3.32. The molecule has 1 saturated heterocycles. The van der Waals surface area contributed by atoms with E-state index in [2.05, 4.69) is 11.4 Å². The van der Waals surface area contributed by atoms with Gasteiger partial charge in [-0.1, -0.05) is 36.4 Å². The van der Waals surface area contributed by atoms with Crippen LogP contribution in [0.1, 0.15) is 42.0 Å². The SMILES string of the molecule is O=C(NC(c1ccccc1)c1ccc2c(c1)CCCO2)N1CCCCO1. The van der Waals surface area contributed by atoms with Crippen LogP contribution in [0.3, 0.4) is 0 Å². The van der Waals surface area contributed by atoms with E-state index in [4.69, 9.17) is 9.57 Å². The van der Waals surface area contributed by atoms with Crippen molar-refractivity contribution in [1.29, 1.82) is 0 Å². The Bertz CT molecular complexity index is 757. The molecule has 4 rings (SSSR count). The normalized spacial score (nSPS) is 17.8. The fraction of sp³-hybridized carbons (Fsp3) is 0.381. The summed E-state index contributed by atoms with van der Waals surface area (Å²) in [7, 11) is 0. The predicted molar refractivity (Wildman–Crippen MR) is 99.0 cm³/mol. The van der Waals surface area contributed by atoms with Crippen molar-refractivity contribution in [2.24, 2.45) is 0 Å². The highest BCUT2D eigenvalue weighted by molar-refractivity contribution is 5.74. The van der Waals surface area contributed by atoms with E-state index in [0.717, 1.165) is 49.2 Å². The number of aryl methyl sites for hydroxylation is 1. The van der Waals surface area contributed by atoms with Gasteiger partial charge in [0.1, 0.15) is 5.75 Å². The molecule has 136 valence electrons. The van der Waals surface area contributed by atoms with E-state index < -0.39 is 0 Å². The minimum absolute atomic E-state index is 0.187. The molecule has 5 nitrogen and oxygen atoms in total. The minimum Gasteiger partial charge on any atom is -0.493 e. The number of urea groups is 1. The number of carbonyl (C=O) groups is 1. The molecule has 2 heterocycles. The number of nitrogens with one attached hydrogen (secondary N) is 1. The third-order valence-corrected chi connectivity index (χ3v) is 4.90. The molecule has 0 spiro atoms. The molecule has 0 aromatic heterocycles. The number of nitrogens with zero attached hydrogens (tertiary/aromatic N) is 1. The Kier molecular flexibility index (Phi) is 5.07. The Morgan fingerprint density at radius 1 is 1.00 bits per heavy atom. The van der Waals surface area contributed by atoms with Gasteiger partial charge in [0.2, 0.25) is 0 Å². The summed E-state index contributed by atoms with van der Waals surface area (Å²) in [6.07, 6.45) is 4.00. The number of hydrogen-bond donors (Lipinski definition) is 1. The topological polar surface area (TPSA) is 50.8 Å². The summed E-state index contributed by atoms with van der Waals surface area (Å²) < 4.78 is 5.72. The fourth-order valence-electron chi connectivity index (χ4n) is 3.52. The molecular formula is C21H24N2O3. The highest BCUT2D eigenvalue weighted by Gasteiger charge is 2.24. The third-order valence-electron chi connectivity index (χ3n) is 4.90. The first-order chi connectivity index (χ1) is 12.8. The van der Waals surface area contributed by atoms with E-state index in [0.29, 0.717) is 13.2 Å². The summed E-state index contributed by atoms with van der Waals surface area (Å²) in [5.74, 6) is 0.956. The largest absolute Gasteiger partial charge is 0.493 e. The van der Waals surface area contributed by atoms with Crippen LogP contribution < -0.4 is 10.1 Å². The van der Waals surface area contributed by atoms with Gasteiger partial charge in [0.25, 0.3) is 0 Å². The lowest BCUT2D eigenvalue weighted by atomic mass is 9.95. The summed E-state index contributed by atoms with van der Waals surface area (Å²) in [6.45, 7) is 2.00. The second-order valence-electron chi connectivity index (χ2n) is 6.75. The standard InChI is InChI=1S/C21H24N2O3/c24-21(23-12-4-5-14-26-23)22-20(16-7-2-1-3-8-16)18-10-11-19-17(15-18)9-6-13-25-19/h1-3,7-8,10-11,15,20H,4-6,9,12-14H2,(H,22,24). The summed E-state index contributed by atoms with van der Waals surface area (Å²) in [5, 5.41) is 4.59. The van der Waals surface area contributed by atoms with Crippen LogP contribution in [-0.2, 0) is 11.3 Å². The van der Waals surface area contributed by atoms with Crippen LogP contribution in [-0.4, -0.2) is 30.9 Å². The van der Waals surface area contributed by atoms with Crippen molar-refractivity contribution in [2.75, 3.05) is 19.8 Å². The molecule has 1 N–H and O–H groups in total. The van der Waals surface area contributed by atoms with Crippen molar-refractivity contribution in [3.05, 3.63) is 65.2 Å². The Labute approximate surface area is 153 Å². The van der Waals surface area contributed by atoms with Gasteiger partial charge in [-0.15, -0.1) is 0 Å². The maximum absolute atomic E-state index is 12.7. The molecule has 2 aromatic carbocycles. The first-order valence-corrected chi connectivity index (χ1v) is 9.33. The van der Waals surface area contributed by atoms with Crippen molar-refractivity contribution < 1.29 is 14.4 Å². The lowest BCUT2D eigenvalue weighted by molar-refractivity contribution is -0.139. The van der Waals surface area contributed by atoms with Gasteiger partial charge < -0.3 is 10.1 Å². The zero-order valence-electron chi connectivity index (χ0n) is 14.8.